The van der Waals surface area contributed by atoms with E-state index in [9.17, 15) is 26.0 Å². The highest BCUT2D eigenvalue weighted by Gasteiger charge is 2.40. The summed E-state index contributed by atoms with van der Waals surface area (Å²) in [7, 11) is -2.90. The van der Waals surface area contributed by atoms with Crippen molar-refractivity contribution in [2.75, 3.05) is 17.1 Å². The molecule has 0 aliphatic rings. The molecule has 20 heavy (non-hydrogen) atoms. The minimum absolute atomic E-state index is 0.00775. The lowest BCUT2D eigenvalue weighted by molar-refractivity contribution is -0.140. The first kappa shape index (κ1) is 17.0. The maximum atomic E-state index is 12.7. The number of halogens is 5. The van der Waals surface area contributed by atoms with Gasteiger partial charge in [0.1, 0.15) is 5.69 Å². The highest BCUT2D eigenvalue weighted by Crippen LogP contribution is 2.38. The Labute approximate surface area is 118 Å². The summed E-state index contributed by atoms with van der Waals surface area (Å²) in [6.45, 7) is -0.697. The molecule has 0 saturated heterocycles. The molecule has 0 amide bonds. The fourth-order valence-electron chi connectivity index (χ4n) is 1.39. The van der Waals surface area contributed by atoms with E-state index in [4.69, 9.17) is 11.6 Å². The number of hydrogen-bond donors (Lipinski definition) is 1. The Bertz CT molecular complexity index is 570. The van der Waals surface area contributed by atoms with Gasteiger partial charge in [0.15, 0.2) is 10.8 Å². The Morgan fingerprint density at radius 3 is 2.45 bits per heavy atom. The van der Waals surface area contributed by atoms with Crippen LogP contribution in [0.1, 0.15) is 18.5 Å². The molecule has 1 rings (SSSR count). The van der Waals surface area contributed by atoms with Crippen molar-refractivity contribution in [2.24, 2.45) is 7.05 Å². The second-order valence-corrected chi connectivity index (χ2v) is 6.15. The molecule has 0 spiro atoms. The quantitative estimate of drug-likeness (QED) is 0.641. The summed E-state index contributed by atoms with van der Waals surface area (Å²) < 4.78 is 75.7. The minimum atomic E-state index is -4.85. The SMILES string of the molecule is Cn1nc(C(F)(F)F)c(NS(=O)(=O)CCCCF)c1Cl. The Balaban J connectivity index is 3.03. The fraction of sp³-hybridized carbons (Fsp3) is 0.667. The van der Waals surface area contributed by atoms with E-state index in [2.05, 4.69) is 5.10 Å². The highest BCUT2D eigenvalue weighted by molar-refractivity contribution is 7.92. The van der Waals surface area contributed by atoms with Gasteiger partial charge in [0, 0.05) is 7.05 Å². The number of nitrogens with zero attached hydrogens (tertiary/aromatic N) is 2. The average molecular weight is 338 g/mol. The summed E-state index contributed by atoms with van der Waals surface area (Å²) >= 11 is 5.60. The van der Waals surface area contributed by atoms with Crippen molar-refractivity contribution >= 4 is 27.3 Å². The summed E-state index contributed by atoms with van der Waals surface area (Å²) in [5, 5.41) is 2.65. The number of alkyl halides is 4. The molecule has 0 radical (unpaired) electrons. The molecule has 0 bridgehead atoms. The summed E-state index contributed by atoms with van der Waals surface area (Å²) in [5.41, 5.74) is -2.24. The van der Waals surface area contributed by atoms with Crippen LogP contribution in [0.25, 0.3) is 0 Å². The highest BCUT2D eigenvalue weighted by atomic mass is 35.5. The first-order valence-corrected chi connectivity index (χ1v) is 7.47. The first-order valence-electron chi connectivity index (χ1n) is 5.44. The molecule has 0 saturated carbocycles. The predicted octanol–water partition coefficient (Wildman–Crippen LogP) is 2.58. The second-order valence-electron chi connectivity index (χ2n) is 3.95. The van der Waals surface area contributed by atoms with Crippen LogP contribution in [0.3, 0.4) is 0 Å². The van der Waals surface area contributed by atoms with E-state index in [1.807, 2.05) is 0 Å². The Morgan fingerprint density at radius 1 is 1.35 bits per heavy atom. The van der Waals surface area contributed by atoms with Gasteiger partial charge in [-0.2, -0.15) is 18.3 Å². The number of nitrogens with one attached hydrogen (secondary N) is 1. The van der Waals surface area contributed by atoms with Crippen LogP contribution >= 0.6 is 11.6 Å². The number of unbranched alkanes of at least 4 members (excludes halogenated alkanes) is 1. The van der Waals surface area contributed by atoms with Crippen LogP contribution in [0.5, 0.6) is 0 Å². The number of anilines is 1. The molecule has 0 unspecified atom stereocenters. The van der Waals surface area contributed by atoms with Crippen molar-refractivity contribution in [2.45, 2.75) is 19.0 Å². The zero-order chi connectivity index (χ0) is 15.6. The summed E-state index contributed by atoms with van der Waals surface area (Å²) in [6.07, 6.45) is -4.85. The number of aromatic nitrogens is 2. The lowest BCUT2D eigenvalue weighted by Gasteiger charge is -2.09. The molecular formula is C9H12ClF4N3O2S. The van der Waals surface area contributed by atoms with E-state index < -0.39 is 45.2 Å². The monoisotopic (exact) mass is 337 g/mol. The molecule has 11 heteroatoms. The molecule has 1 N–H and O–H groups in total. The zero-order valence-corrected chi connectivity index (χ0v) is 11.9. The van der Waals surface area contributed by atoms with E-state index in [0.29, 0.717) is 4.68 Å². The van der Waals surface area contributed by atoms with Crippen LogP contribution in [0.15, 0.2) is 0 Å². The first-order chi connectivity index (χ1) is 9.08. The van der Waals surface area contributed by atoms with Crippen molar-refractivity contribution in [3.05, 3.63) is 10.8 Å². The number of aryl methyl sites for hydroxylation is 1. The Morgan fingerprint density at radius 2 is 1.95 bits per heavy atom. The normalized spacial score (nSPS) is 12.7. The minimum Gasteiger partial charge on any atom is -0.278 e. The van der Waals surface area contributed by atoms with Crippen molar-refractivity contribution < 1.29 is 26.0 Å². The summed E-state index contributed by atoms with van der Waals surface area (Å²) in [4.78, 5) is 0. The molecule has 0 atom stereocenters. The molecule has 1 aromatic rings. The van der Waals surface area contributed by atoms with Gasteiger partial charge in [-0.25, -0.2) is 8.42 Å². The third kappa shape index (κ3) is 4.23. The van der Waals surface area contributed by atoms with Crippen molar-refractivity contribution in [3.63, 3.8) is 0 Å². The second kappa shape index (κ2) is 6.17. The fourth-order valence-corrected chi connectivity index (χ4v) is 2.81. The maximum Gasteiger partial charge on any atom is 0.437 e. The third-order valence-corrected chi connectivity index (χ3v) is 4.07. The van der Waals surface area contributed by atoms with Gasteiger partial charge in [-0.05, 0) is 12.8 Å². The lowest BCUT2D eigenvalue weighted by atomic mass is 10.4. The van der Waals surface area contributed by atoms with E-state index in [1.54, 1.807) is 4.72 Å². The average Bonchev–Trinajstić information content (AvgIpc) is 2.56. The van der Waals surface area contributed by atoms with E-state index in [-0.39, 0.29) is 12.8 Å². The van der Waals surface area contributed by atoms with E-state index in [0.717, 1.165) is 7.05 Å². The maximum absolute atomic E-state index is 12.7. The molecule has 0 fully saturated rings. The topological polar surface area (TPSA) is 64.0 Å². The van der Waals surface area contributed by atoms with Crippen LogP contribution in [-0.2, 0) is 23.2 Å². The van der Waals surface area contributed by atoms with Gasteiger partial charge in [-0.15, -0.1) is 0 Å². The van der Waals surface area contributed by atoms with Crippen LogP contribution in [0.4, 0.5) is 23.2 Å². The van der Waals surface area contributed by atoms with Gasteiger partial charge in [-0.1, -0.05) is 11.6 Å². The molecule has 5 nitrogen and oxygen atoms in total. The number of hydrogen-bond acceptors (Lipinski definition) is 3. The van der Waals surface area contributed by atoms with Crippen LogP contribution < -0.4 is 4.72 Å². The zero-order valence-electron chi connectivity index (χ0n) is 10.3. The van der Waals surface area contributed by atoms with Crippen molar-refractivity contribution in [3.8, 4) is 0 Å². The lowest BCUT2D eigenvalue weighted by Crippen LogP contribution is -2.19. The molecule has 1 heterocycles. The number of sulfonamides is 1. The third-order valence-electron chi connectivity index (χ3n) is 2.30. The van der Waals surface area contributed by atoms with E-state index in [1.165, 1.54) is 0 Å². The van der Waals surface area contributed by atoms with Crippen LogP contribution in [-0.4, -0.2) is 30.6 Å². The van der Waals surface area contributed by atoms with Gasteiger partial charge in [0.2, 0.25) is 10.0 Å². The van der Waals surface area contributed by atoms with Crippen LogP contribution in [0.2, 0.25) is 5.15 Å². The van der Waals surface area contributed by atoms with Gasteiger partial charge >= 0.3 is 6.18 Å². The predicted molar refractivity (Wildman–Crippen MR) is 65.8 cm³/mol. The molecular weight excluding hydrogens is 326 g/mol. The van der Waals surface area contributed by atoms with Gasteiger partial charge in [0.25, 0.3) is 0 Å². The van der Waals surface area contributed by atoms with Gasteiger partial charge in [-0.3, -0.25) is 13.8 Å². The molecule has 0 aliphatic carbocycles. The smallest absolute Gasteiger partial charge is 0.278 e. The van der Waals surface area contributed by atoms with Crippen molar-refractivity contribution in [1.82, 2.24) is 9.78 Å². The van der Waals surface area contributed by atoms with E-state index >= 15 is 0 Å². The molecule has 0 aromatic carbocycles. The number of rotatable bonds is 6. The van der Waals surface area contributed by atoms with Gasteiger partial charge in [0.05, 0.1) is 12.4 Å². The van der Waals surface area contributed by atoms with Crippen LogP contribution in [0, 0.1) is 0 Å². The molecule has 116 valence electrons. The van der Waals surface area contributed by atoms with Crippen molar-refractivity contribution in [1.29, 1.82) is 0 Å². The Hall–Kier alpha value is -1.03. The summed E-state index contributed by atoms with van der Waals surface area (Å²) in [6, 6.07) is 0. The largest absolute Gasteiger partial charge is 0.437 e. The summed E-state index contributed by atoms with van der Waals surface area (Å²) in [5.74, 6) is -0.501. The molecule has 1 aromatic heterocycles. The standard InChI is InChI=1S/C9H12ClF4N3O2S/c1-17-8(10)6(7(15-17)9(12,13)14)16-20(18,19)5-3-2-4-11/h16H,2-5H2,1H3. The van der Waals surface area contributed by atoms with Gasteiger partial charge < -0.3 is 0 Å². The molecule has 0 aliphatic heterocycles. The Kier molecular flexibility index (Phi) is 5.25.